The first-order chi connectivity index (χ1) is 11.9. The van der Waals surface area contributed by atoms with Crippen molar-refractivity contribution < 1.29 is 18.0 Å². The van der Waals surface area contributed by atoms with Crippen LogP contribution in [-0.2, 0) is 11.0 Å². The van der Waals surface area contributed by atoms with E-state index in [0.717, 1.165) is 38.1 Å². The third-order valence-corrected chi connectivity index (χ3v) is 4.21. The van der Waals surface area contributed by atoms with Gasteiger partial charge in [-0.2, -0.15) is 13.2 Å². The van der Waals surface area contributed by atoms with Crippen molar-refractivity contribution in [2.75, 3.05) is 25.0 Å². The van der Waals surface area contributed by atoms with Crippen LogP contribution in [0.1, 0.15) is 24.4 Å². The number of hydrogen-bond donors (Lipinski definition) is 1. The van der Waals surface area contributed by atoms with Crippen LogP contribution < -0.4 is 5.32 Å². The third kappa shape index (κ3) is 4.56. The number of carbonyl (C=O) groups is 1. The standard InChI is InChI=1S/C16H18F3N5O/c17-16(18,19)12-2-1-3-13(10-12)21-15(25)11-23-7-4-14(5-8-23)24-9-6-20-22-24/h1-3,6,9-10,14H,4-5,7-8,11H2,(H,21,25). The van der Waals surface area contributed by atoms with Crippen LogP contribution in [0, 0.1) is 0 Å². The van der Waals surface area contributed by atoms with Crippen molar-refractivity contribution >= 4 is 11.6 Å². The molecule has 0 saturated carbocycles. The van der Waals surface area contributed by atoms with Crippen molar-refractivity contribution in [3.05, 3.63) is 42.2 Å². The topological polar surface area (TPSA) is 63.1 Å². The Morgan fingerprint density at radius 1 is 1.28 bits per heavy atom. The summed E-state index contributed by atoms with van der Waals surface area (Å²) in [4.78, 5) is 14.1. The van der Waals surface area contributed by atoms with E-state index in [4.69, 9.17) is 0 Å². The summed E-state index contributed by atoms with van der Waals surface area (Å²) in [5.41, 5.74) is -0.628. The number of benzene rings is 1. The molecule has 9 heteroatoms. The highest BCUT2D eigenvalue weighted by Gasteiger charge is 2.30. The normalized spacial score (nSPS) is 16.8. The van der Waals surface area contributed by atoms with Crippen molar-refractivity contribution in [2.45, 2.75) is 25.1 Å². The maximum atomic E-state index is 12.7. The lowest BCUT2D eigenvalue weighted by Gasteiger charge is -2.31. The van der Waals surface area contributed by atoms with Gasteiger partial charge >= 0.3 is 6.18 Å². The molecule has 1 amide bonds. The van der Waals surface area contributed by atoms with E-state index in [0.29, 0.717) is 0 Å². The van der Waals surface area contributed by atoms with Gasteiger partial charge in [-0.3, -0.25) is 9.69 Å². The molecule has 0 bridgehead atoms. The van der Waals surface area contributed by atoms with E-state index in [1.54, 1.807) is 6.20 Å². The van der Waals surface area contributed by atoms with E-state index in [1.807, 2.05) is 15.8 Å². The van der Waals surface area contributed by atoms with Gasteiger partial charge in [-0.05, 0) is 31.0 Å². The molecule has 3 rings (SSSR count). The van der Waals surface area contributed by atoms with E-state index in [1.165, 1.54) is 12.1 Å². The minimum absolute atomic E-state index is 0.150. The van der Waals surface area contributed by atoms with Crippen LogP contribution in [0.5, 0.6) is 0 Å². The van der Waals surface area contributed by atoms with Gasteiger partial charge in [0.15, 0.2) is 0 Å². The molecule has 1 aromatic carbocycles. The number of alkyl halides is 3. The zero-order valence-corrected chi connectivity index (χ0v) is 13.4. The Balaban J connectivity index is 1.50. The number of anilines is 1. The average Bonchev–Trinajstić information content (AvgIpc) is 3.09. The Labute approximate surface area is 142 Å². The first-order valence-electron chi connectivity index (χ1n) is 7.97. The molecule has 1 aliphatic heterocycles. The number of carbonyl (C=O) groups excluding carboxylic acids is 1. The van der Waals surface area contributed by atoms with Gasteiger partial charge in [0.1, 0.15) is 0 Å². The summed E-state index contributed by atoms with van der Waals surface area (Å²) < 4.78 is 39.9. The quantitative estimate of drug-likeness (QED) is 0.918. The number of rotatable bonds is 4. The average molecular weight is 353 g/mol. The van der Waals surface area contributed by atoms with Crippen LogP contribution in [0.3, 0.4) is 0 Å². The molecule has 1 N–H and O–H groups in total. The van der Waals surface area contributed by atoms with E-state index in [-0.39, 0.29) is 24.2 Å². The van der Waals surface area contributed by atoms with Crippen LogP contribution >= 0.6 is 0 Å². The van der Waals surface area contributed by atoms with E-state index < -0.39 is 11.7 Å². The lowest BCUT2D eigenvalue weighted by atomic mass is 10.1. The van der Waals surface area contributed by atoms with Crippen molar-refractivity contribution in [2.24, 2.45) is 0 Å². The highest BCUT2D eigenvalue weighted by molar-refractivity contribution is 5.92. The molecular formula is C16H18F3N5O. The molecule has 6 nitrogen and oxygen atoms in total. The van der Waals surface area contributed by atoms with Crippen LogP contribution in [0.2, 0.25) is 0 Å². The highest BCUT2D eigenvalue weighted by atomic mass is 19.4. The van der Waals surface area contributed by atoms with Gasteiger partial charge in [0.2, 0.25) is 5.91 Å². The summed E-state index contributed by atoms with van der Waals surface area (Å²) in [6, 6.07) is 4.91. The number of amides is 1. The lowest BCUT2D eigenvalue weighted by Crippen LogP contribution is -2.39. The molecule has 1 saturated heterocycles. The van der Waals surface area contributed by atoms with Gasteiger partial charge in [0.05, 0.1) is 24.3 Å². The second-order valence-electron chi connectivity index (χ2n) is 6.02. The molecule has 2 heterocycles. The first-order valence-corrected chi connectivity index (χ1v) is 7.97. The Kier molecular flexibility index (Phi) is 5.03. The van der Waals surface area contributed by atoms with Crippen molar-refractivity contribution in [1.82, 2.24) is 19.9 Å². The fourth-order valence-electron chi connectivity index (χ4n) is 2.93. The maximum Gasteiger partial charge on any atom is 0.416 e. The minimum atomic E-state index is -4.43. The zero-order valence-electron chi connectivity index (χ0n) is 13.4. The number of likely N-dealkylation sites (tertiary alicyclic amines) is 1. The zero-order chi connectivity index (χ0) is 17.9. The number of nitrogens with one attached hydrogen (secondary N) is 1. The largest absolute Gasteiger partial charge is 0.416 e. The van der Waals surface area contributed by atoms with Crippen molar-refractivity contribution in [3.63, 3.8) is 0 Å². The molecule has 134 valence electrons. The third-order valence-electron chi connectivity index (χ3n) is 4.21. The maximum absolute atomic E-state index is 12.7. The van der Waals surface area contributed by atoms with Crippen molar-refractivity contribution in [3.8, 4) is 0 Å². The second kappa shape index (κ2) is 7.22. The Hall–Kier alpha value is -2.42. The molecular weight excluding hydrogens is 335 g/mol. The van der Waals surface area contributed by atoms with Crippen LogP contribution in [-0.4, -0.2) is 45.4 Å². The Morgan fingerprint density at radius 3 is 2.68 bits per heavy atom. The SMILES string of the molecule is O=C(CN1CCC(n2ccnn2)CC1)Nc1cccc(C(F)(F)F)c1. The van der Waals surface area contributed by atoms with Gasteiger partial charge in [0, 0.05) is 25.0 Å². The molecule has 1 fully saturated rings. The number of hydrogen-bond acceptors (Lipinski definition) is 4. The Bertz CT molecular complexity index is 709. The minimum Gasteiger partial charge on any atom is -0.325 e. The fourth-order valence-corrected chi connectivity index (χ4v) is 2.93. The summed E-state index contributed by atoms with van der Waals surface area (Å²) in [7, 11) is 0. The smallest absolute Gasteiger partial charge is 0.325 e. The summed E-state index contributed by atoms with van der Waals surface area (Å²) in [5.74, 6) is -0.321. The molecule has 25 heavy (non-hydrogen) atoms. The fraction of sp³-hybridized carbons (Fsp3) is 0.438. The summed E-state index contributed by atoms with van der Waals surface area (Å²) in [6.45, 7) is 1.60. The number of aromatic nitrogens is 3. The van der Waals surface area contributed by atoms with E-state index >= 15 is 0 Å². The van der Waals surface area contributed by atoms with Gasteiger partial charge in [-0.25, -0.2) is 4.68 Å². The van der Waals surface area contributed by atoms with Crippen LogP contribution in [0.25, 0.3) is 0 Å². The first kappa shape index (κ1) is 17.4. The van der Waals surface area contributed by atoms with Gasteiger partial charge in [0.25, 0.3) is 0 Å². The van der Waals surface area contributed by atoms with Crippen LogP contribution in [0.4, 0.5) is 18.9 Å². The molecule has 0 radical (unpaired) electrons. The summed E-state index contributed by atoms with van der Waals surface area (Å²) in [6.07, 6.45) is 0.722. The molecule has 1 aromatic heterocycles. The van der Waals surface area contributed by atoms with Gasteiger partial charge in [-0.1, -0.05) is 11.3 Å². The highest BCUT2D eigenvalue weighted by Crippen LogP contribution is 2.30. The number of nitrogens with zero attached hydrogens (tertiary/aromatic N) is 4. The van der Waals surface area contributed by atoms with E-state index in [9.17, 15) is 18.0 Å². The molecule has 0 unspecified atom stereocenters. The predicted octanol–water partition coefficient (Wildman–Crippen LogP) is 2.57. The lowest BCUT2D eigenvalue weighted by molar-refractivity contribution is -0.137. The van der Waals surface area contributed by atoms with Gasteiger partial charge in [-0.15, -0.1) is 5.10 Å². The number of halogens is 3. The van der Waals surface area contributed by atoms with Crippen LogP contribution in [0.15, 0.2) is 36.7 Å². The predicted molar refractivity (Wildman–Crippen MR) is 84.8 cm³/mol. The molecule has 0 atom stereocenters. The molecule has 0 spiro atoms. The monoisotopic (exact) mass is 353 g/mol. The Morgan fingerprint density at radius 2 is 2.04 bits per heavy atom. The van der Waals surface area contributed by atoms with E-state index in [2.05, 4.69) is 15.6 Å². The molecule has 1 aliphatic rings. The summed E-state index contributed by atoms with van der Waals surface area (Å²) in [5, 5.41) is 10.3. The molecule has 2 aromatic rings. The molecule has 0 aliphatic carbocycles. The summed E-state index contributed by atoms with van der Waals surface area (Å²) >= 11 is 0. The number of piperidine rings is 1. The van der Waals surface area contributed by atoms with Gasteiger partial charge < -0.3 is 5.32 Å². The second-order valence-corrected chi connectivity index (χ2v) is 6.02. The van der Waals surface area contributed by atoms with Crippen molar-refractivity contribution in [1.29, 1.82) is 0 Å².